The average molecular weight is 292 g/mol. The zero-order valence-corrected chi connectivity index (χ0v) is 11.2. The van der Waals surface area contributed by atoms with Crippen LogP contribution in [0.5, 0.6) is 0 Å². The largest absolute Gasteiger partial charge is 0.477 e. The van der Waals surface area contributed by atoms with Gasteiger partial charge in [-0.25, -0.2) is 4.79 Å². The molecule has 1 heterocycles. The average Bonchev–Trinajstić information content (AvgIpc) is 2.30. The van der Waals surface area contributed by atoms with E-state index in [1.165, 1.54) is 13.8 Å². The predicted octanol–water partition coefficient (Wildman–Crippen LogP) is -2.88. The molecule has 0 radical (unpaired) electrons. The molecule has 0 aliphatic carbocycles. The van der Waals surface area contributed by atoms with Crippen LogP contribution >= 0.6 is 0 Å². The molecule has 6 atom stereocenters. The maximum Gasteiger partial charge on any atom is 0.364 e. The Hall–Kier alpha value is -1.26. The standard InChI is InChI=1S/C11H20N2O7/c1-4(14)8(13-5(2)15)9-7(12)6(16)3-11(19,20-9)10(17)18/h4,6-9,14,16,19H,3,12H2,1-2H3,(H,13,15)(H,17,18)/t4-,6-,7-,8-,9?,11+/m1/s1. The van der Waals surface area contributed by atoms with E-state index in [1.54, 1.807) is 0 Å². The minimum Gasteiger partial charge on any atom is -0.477 e. The Kier molecular flexibility index (Phi) is 5.05. The zero-order valence-electron chi connectivity index (χ0n) is 11.2. The van der Waals surface area contributed by atoms with Crippen LogP contribution in [0.15, 0.2) is 0 Å². The number of aliphatic carboxylic acids is 1. The number of aliphatic hydroxyl groups is 3. The fraction of sp³-hybridized carbons (Fsp3) is 0.818. The van der Waals surface area contributed by atoms with Crippen molar-refractivity contribution in [2.75, 3.05) is 0 Å². The first-order chi connectivity index (χ1) is 9.08. The summed E-state index contributed by atoms with van der Waals surface area (Å²) in [6.07, 6.45) is -4.35. The lowest BCUT2D eigenvalue weighted by Gasteiger charge is -2.44. The van der Waals surface area contributed by atoms with Crippen molar-refractivity contribution in [3.63, 3.8) is 0 Å². The number of hydrogen-bond acceptors (Lipinski definition) is 7. The van der Waals surface area contributed by atoms with Crippen molar-refractivity contribution in [1.82, 2.24) is 5.32 Å². The highest BCUT2D eigenvalue weighted by Gasteiger charge is 2.52. The summed E-state index contributed by atoms with van der Waals surface area (Å²) in [4.78, 5) is 22.1. The van der Waals surface area contributed by atoms with E-state index < -0.39 is 54.5 Å². The molecule has 9 nitrogen and oxygen atoms in total. The fourth-order valence-corrected chi connectivity index (χ4v) is 2.15. The Morgan fingerprint density at radius 1 is 1.50 bits per heavy atom. The Morgan fingerprint density at radius 2 is 2.05 bits per heavy atom. The quantitative estimate of drug-likeness (QED) is 0.322. The normalized spacial score (nSPS) is 37.0. The smallest absolute Gasteiger partial charge is 0.364 e. The van der Waals surface area contributed by atoms with E-state index in [2.05, 4.69) is 5.32 Å². The SMILES string of the molecule is CC(=O)N[C@@H](C1O[C@](O)(C(=O)O)C[C@@H](O)[C@H]1N)[C@@H](C)O. The number of carboxylic acid groups (broad SMARTS) is 1. The predicted molar refractivity (Wildman–Crippen MR) is 65.3 cm³/mol. The molecule has 1 aliphatic heterocycles. The number of aliphatic hydroxyl groups excluding tert-OH is 2. The number of ether oxygens (including phenoxy) is 1. The first kappa shape index (κ1) is 16.8. The Balaban J connectivity index is 3.04. The summed E-state index contributed by atoms with van der Waals surface area (Å²) in [5.74, 6) is -4.79. The van der Waals surface area contributed by atoms with Crippen molar-refractivity contribution in [2.24, 2.45) is 5.73 Å². The summed E-state index contributed by atoms with van der Waals surface area (Å²) < 4.78 is 5.04. The second-order valence-electron chi connectivity index (χ2n) is 4.99. The van der Waals surface area contributed by atoms with Crippen molar-refractivity contribution in [1.29, 1.82) is 0 Å². The van der Waals surface area contributed by atoms with Gasteiger partial charge in [-0.2, -0.15) is 0 Å². The number of nitrogens with two attached hydrogens (primary N) is 1. The van der Waals surface area contributed by atoms with Gasteiger partial charge in [-0.05, 0) is 6.92 Å². The van der Waals surface area contributed by atoms with Gasteiger partial charge in [0.05, 0.1) is 24.3 Å². The first-order valence-electron chi connectivity index (χ1n) is 6.11. The van der Waals surface area contributed by atoms with E-state index in [0.717, 1.165) is 0 Å². The number of hydrogen-bond donors (Lipinski definition) is 6. The Morgan fingerprint density at radius 3 is 2.45 bits per heavy atom. The van der Waals surface area contributed by atoms with Gasteiger partial charge in [0.25, 0.3) is 5.79 Å². The van der Waals surface area contributed by atoms with E-state index in [1.807, 2.05) is 0 Å². The summed E-state index contributed by atoms with van der Waals surface area (Å²) in [5, 5.41) is 40.6. The molecule has 7 N–H and O–H groups in total. The monoisotopic (exact) mass is 292 g/mol. The van der Waals surface area contributed by atoms with Crippen LogP contribution in [0.1, 0.15) is 20.3 Å². The van der Waals surface area contributed by atoms with Gasteiger partial charge in [-0.1, -0.05) is 0 Å². The summed E-state index contributed by atoms with van der Waals surface area (Å²) in [6, 6.07) is -2.13. The van der Waals surface area contributed by atoms with Crippen LogP contribution in [0.25, 0.3) is 0 Å². The van der Waals surface area contributed by atoms with Gasteiger partial charge in [-0.15, -0.1) is 0 Å². The summed E-state index contributed by atoms with van der Waals surface area (Å²) in [5.41, 5.74) is 5.72. The summed E-state index contributed by atoms with van der Waals surface area (Å²) in [6.45, 7) is 2.54. The van der Waals surface area contributed by atoms with E-state index in [4.69, 9.17) is 15.6 Å². The van der Waals surface area contributed by atoms with Crippen molar-refractivity contribution < 1.29 is 34.8 Å². The zero-order chi connectivity index (χ0) is 15.7. The number of rotatable bonds is 4. The second-order valence-corrected chi connectivity index (χ2v) is 4.99. The van der Waals surface area contributed by atoms with Crippen molar-refractivity contribution in [3.05, 3.63) is 0 Å². The van der Waals surface area contributed by atoms with Gasteiger partial charge in [0.2, 0.25) is 5.91 Å². The third-order valence-corrected chi connectivity index (χ3v) is 3.22. The molecule has 116 valence electrons. The molecule has 1 rings (SSSR count). The van der Waals surface area contributed by atoms with Gasteiger partial charge in [0.15, 0.2) is 0 Å². The fourth-order valence-electron chi connectivity index (χ4n) is 2.15. The molecule has 9 heteroatoms. The molecule has 0 saturated carbocycles. The van der Waals surface area contributed by atoms with E-state index in [9.17, 15) is 24.9 Å². The van der Waals surface area contributed by atoms with Crippen LogP contribution in [0.4, 0.5) is 0 Å². The lowest BCUT2D eigenvalue weighted by molar-refractivity contribution is -0.281. The first-order valence-corrected chi connectivity index (χ1v) is 6.11. The Labute approximate surface area is 115 Å². The Bertz CT molecular complexity index is 389. The lowest BCUT2D eigenvalue weighted by Crippen LogP contribution is -2.68. The van der Waals surface area contributed by atoms with E-state index in [-0.39, 0.29) is 0 Å². The van der Waals surface area contributed by atoms with Gasteiger partial charge in [-0.3, -0.25) is 4.79 Å². The maximum absolute atomic E-state index is 11.1. The van der Waals surface area contributed by atoms with Crippen LogP contribution in [0.3, 0.4) is 0 Å². The number of carbonyl (C=O) groups excluding carboxylic acids is 1. The van der Waals surface area contributed by atoms with Gasteiger partial charge < -0.3 is 36.2 Å². The lowest BCUT2D eigenvalue weighted by atomic mass is 9.88. The molecule has 0 aromatic carbocycles. The third kappa shape index (κ3) is 3.44. The molecule has 1 unspecified atom stereocenters. The minimum absolute atomic E-state index is 0.495. The number of amides is 1. The van der Waals surface area contributed by atoms with Gasteiger partial charge in [0.1, 0.15) is 6.10 Å². The van der Waals surface area contributed by atoms with Crippen LogP contribution in [-0.4, -0.2) is 68.5 Å². The second kappa shape index (κ2) is 6.02. The molecule has 0 aromatic heterocycles. The van der Waals surface area contributed by atoms with E-state index in [0.29, 0.717) is 0 Å². The van der Waals surface area contributed by atoms with Crippen molar-refractivity contribution >= 4 is 11.9 Å². The van der Waals surface area contributed by atoms with Gasteiger partial charge in [0, 0.05) is 13.3 Å². The molecular weight excluding hydrogens is 272 g/mol. The van der Waals surface area contributed by atoms with E-state index >= 15 is 0 Å². The highest BCUT2D eigenvalue weighted by molar-refractivity contribution is 5.75. The molecule has 1 fully saturated rings. The topological polar surface area (TPSA) is 162 Å². The molecule has 20 heavy (non-hydrogen) atoms. The van der Waals surface area contributed by atoms with Crippen LogP contribution in [0.2, 0.25) is 0 Å². The highest BCUT2D eigenvalue weighted by Crippen LogP contribution is 2.29. The third-order valence-electron chi connectivity index (χ3n) is 3.22. The molecule has 1 amide bonds. The minimum atomic E-state index is -2.62. The summed E-state index contributed by atoms with van der Waals surface area (Å²) >= 11 is 0. The number of carboxylic acids is 1. The highest BCUT2D eigenvalue weighted by atomic mass is 16.7. The maximum atomic E-state index is 11.1. The van der Waals surface area contributed by atoms with Crippen molar-refractivity contribution in [2.45, 2.75) is 56.5 Å². The van der Waals surface area contributed by atoms with Gasteiger partial charge >= 0.3 is 5.97 Å². The molecular formula is C11H20N2O7. The van der Waals surface area contributed by atoms with Crippen molar-refractivity contribution in [3.8, 4) is 0 Å². The molecule has 0 bridgehead atoms. The van der Waals surface area contributed by atoms with Crippen LogP contribution in [0, 0.1) is 0 Å². The molecule has 1 aliphatic rings. The van der Waals surface area contributed by atoms with Crippen LogP contribution < -0.4 is 11.1 Å². The van der Waals surface area contributed by atoms with Crippen LogP contribution in [-0.2, 0) is 14.3 Å². The number of nitrogens with one attached hydrogen (secondary N) is 1. The molecule has 0 aromatic rings. The molecule has 0 spiro atoms. The number of carbonyl (C=O) groups is 2. The molecule has 1 saturated heterocycles. The summed E-state index contributed by atoms with van der Waals surface area (Å²) in [7, 11) is 0.